The Hall–Kier alpha value is -3.92. The average molecular weight is 377 g/mol. The van der Waals surface area contributed by atoms with E-state index in [0.29, 0.717) is 11.4 Å². The fourth-order valence-corrected chi connectivity index (χ4v) is 3.75. The van der Waals surface area contributed by atoms with Crippen molar-refractivity contribution in [2.75, 3.05) is 0 Å². The fraction of sp³-hybridized carbons (Fsp3) is 0.0400. The quantitative estimate of drug-likeness (QED) is 0.439. The predicted molar refractivity (Wildman–Crippen MR) is 116 cm³/mol. The summed E-state index contributed by atoms with van der Waals surface area (Å²) in [5, 5.41) is 4.77. The first kappa shape index (κ1) is 17.2. The summed E-state index contributed by atoms with van der Waals surface area (Å²) in [5.74, 6) is 0.656. The second kappa shape index (κ2) is 6.91. The van der Waals surface area contributed by atoms with Gasteiger partial charge < -0.3 is 0 Å². The molecule has 0 bridgehead atoms. The zero-order valence-corrected chi connectivity index (χ0v) is 16.0. The van der Waals surface area contributed by atoms with Gasteiger partial charge in [-0.15, -0.1) is 5.10 Å². The zero-order chi connectivity index (χ0) is 19.8. The Labute approximate surface area is 168 Å². The Kier molecular flexibility index (Phi) is 4.10. The van der Waals surface area contributed by atoms with Crippen molar-refractivity contribution >= 4 is 0 Å². The molecular formula is C25H19N3O. The van der Waals surface area contributed by atoms with Gasteiger partial charge in [0.15, 0.2) is 5.82 Å². The number of pyridine rings is 1. The molecule has 0 radical (unpaired) electrons. The van der Waals surface area contributed by atoms with E-state index in [2.05, 4.69) is 22.8 Å². The topological polar surface area (TPSA) is 39.8 Å². The molecule has 0 aliphatic carbocycles. The summed E-state index contributed by atoms with van der Waals surface area (Å²) >= 11 is 0. The minimum atomic E-state index is -0.104. The molecule has 2 aliphatic rings. The van der Waals surface area contributed by atoms with Crippen LogP contribution in [0.4, 0.5) is 0 Å². The molecule has 0 spiro atoms. The first-order valence-corrected chi connectivity index (χ1v) is 9.56. The molecule has 3 aromatic carbocycles. The summed E-state index contributed by atoms with van der Waals surface area (Å²) in [6.07, 6.45) is 0. The van der Waals surface area contributed by atoms with Crippen LogP contribution in [0, 0.1) is 6.92 Å². The third-order valence-electron chi connectivity index (χ3n) is 5.11. The molecule has 4 nitrogen and oxygen atoms in total. The molecule has 5 rings (SSSR count). The number of para-hydroxylation sites is 2. The van der Waals surface area contributed by atoms with Crippen LogP contribution >= 0.6 is 0 Å². The van der Waals surface area contributed by atoms with Crippen molar-refractivity contribution in [3.8, 4) is 34.0 Å². The molecule has 4 heteroatoms. The highest BCUT2D eigenvalue weighted by molar-refractivity contribution is 5.74. The van der Waals surface area contributed by atoms with Crippen LogP contribution in [0.5, 0.6) is 0 Å². The van der Waals surface area contributed by atoms with E-state index < -0.39 is 0 Å². The highest BCUT2D eigenvalue weighted by Gasteiger charge is 2.25. The Morgan fingerprint density at radius 3 is 1.90 bits per heavy atom. The van der Waals surface area contributed by atoms with Crippen LogP contribution in [0.3, 0.4) is 0 Å². The van der Waals surface area contributed by atoms with E-state index >= 15 is 0 Å². The monoisotopic (exact) mass is 377 g/mol. The third-order valence-corrected chi connectivity index (χ3v) is 5.11. The third kappa shape index (κ3) is 2.86. The molecule has 0 fully saturated rings. The number of hydrogen-bond donors (Lipinski definition) is 0. The predicted octanol–water partition coefficient (Wildman–Crippen LogP) is 5.10. The summed E-state index contributed by atoms with van der Waals surface area (Å²) in [6, 6.07) is 31.9. The van der Waals surface area contributed by atoms with Crippen molar-refractivity contribution in [1.29, 1.82) is 0 Å². The van der Waals surface area contributed by atoms with Gasteiger partial charge in [0.1, 0.15) is 0 Å². The van der Waals surface area contributed by atoms with E-state index in [9.17, 15) is 4.79 Å². The molecule has 2 heterocycles. The van der Waals surface area contributed by atoms with Gasteiger partial charge in [0, 0.05) is 5.69 Å². The Bertz CT molecular complexity index is 1300. The molecule has 0 saturated carbocycles. The number of fused-ring (bicyclic) bond motifs is 1. The lowest BCUT2D eigenvalue weighted by Crippen LogP contribution is -2.15. The van der Waals surface area contributed by atoms with Gasteiger partial charge in [-0.3, -0.25) is 9.36 Å². The van der Waals surface area contributed by atoms with E-state index in [4.69, 9.17) is 5.10 Å². The molecule has 3 aromatic rings. The van der Waals surface area contributed by atoms with Crippen molar-refractivity contribution in [3.63, 3.8) is 0 Å². The lowest BCUT2D eigenvalue weighted by Gasteiger charge is -2.19. The molecule has 0 saturated heterocycles. The van der Waals surface area contributed by atoms with Gasteiger partial charge in [-0.25, -0.2) is 0 Å². The number of aryl methyl sites for hydroxylation is 1. The molecule has 0 unspecified atom stereocenters. The standard InChI is InChI=1S/C25H19N3O/c1-18-17-22(19-11-5-2-6-12-19)27(20-13-7-3-8-14-20)24-23(18)25(29)28(26-24)21-15-9-4-10-16-21/h2-17H,1H3. The van der Waals surface area contributed by atoms with Gasteiger partial charge >= 0.3 is 0 Å². The number of hydrogen-bond acceptors (Lipinski definition) is 2. The summed E-state index contributed by atoms with van der Waals surface area (Å²) < 4.78 is 3.56. The lowest BCUT2D eigenvalue weighted by atomic mass is 10.0. The van der Waals surface area contributed by atoms with E-state index in [1.165, 1.54) is 4.68 Å². The largest absolute Gasteiger partial charge is 0.292 e. The highest BCUT2D eigenvalue weighted by Crippen LogP contribution is 2.32. The van der Waals surface area contributed by atoms with Crippen LogP contribution in [0.2, 0.25) is 0 Å². The van der Waals surface area contributed by atoms with Gasteiger partial charge in [0.2, 0.25) is 0 Å². The number of benzene rings is 3. The minimum Gasteiger partial charge on any atom is -0.292 e. The van der Waals surface area contributed by atoms with Crippen LogP contribution in [-0.2, 0) is 0 Å². The van der Waals surface area contributed by atoms with E-state index in [1.54, 1.807) is 0 Å². The van der Waals surface area contributed by atoms with Gasteiger partial charge in [0.25, 0.3) is 5.56 Å². The first-order chi connectivity index (χ1) is 14.2. The zero-order valence-electron chi connectivity index (χ0n) is 16.0. The maximum Gasteiger partial charge on any atom is 0.282 e. The van der Waals surface area contributed by atoms with Crippen molar-refractivity contribution in [2.45, 2.75) is 6.92 Å². The van der Waals surface area contributed by atoms with E-state index in [0.717, 1.165) is 28.2 Å². The fourth-order valence-electron chi connectivity index (χ4n) is 3.75. The smallest absolute Gasteiger partial charge is 0.282 e. The van der Waals surface area contributed by atoms with Gasteiger partial charge in [-0.2, -0.15) is 4.68 Å². The maximum absolute atomic E-state index is 13.3. The van der Waals surface area contributed by atoms with Gasteiger partial charge in [-0.05, 0) is 48.4 Å². The first-order valence-electron chi connectivity index (χ1n) is 9.56. The molecule has 140 valence electrons. The number of rotatable bonds is 3. The van der Waals surface area contributed by atoms with Crippen LogP contribution < -0.4 is 5.56 Å². The minimum absolute atomic E-state index is 0.104. The van der Waals surface area contributed by atoms with Crippen molar-refractivity contribution in [1.82, 2.24) is 14.3 Å². The van der Waals surface area contributed by atoms with Crippen LogP contribution in [0.1, 0.15) is 5.56 Å². The normalized spacial score (nSPS) is 11.1. The average Bonchev–Trinajstić information content (AvgIpc) is 3.13. The molecule has 0 aromatic heterocycles. The van der Waals surface area contributed by atoms with Gasteiger partial charge in [-0.1, -0.05) is 66.7 Å². The number of aromatic nitrogens is 3. The second-order valence-corrected chi connectivity index (χ2v) is 7.00. The lowest BCUT2D eigenvalue weighted by molar-refractivity contribution is 0.837. The van der Waals surface area contributed by atoms with E-state index in [1.807, 2.05) is 85.8 Å². The van der Waals surface area contributed by atoms with Crippen LogP contribution in [-0.4, -0.2) is 14.3 Å². The van der Waals surface area contributed by atoms with Crippen LogP contribution in [0.25, 0.3) is 34.0 Å². The number of nitrogens with zero attached hydrogens (tertiary/aromatic N) is 3. The van der Waals surface area contributed by atoms with Crippen LogP contribution in [0.15, 0.2) is 102 Å². The molecule has 0 atom stereocenters. The Balaban J connectivity index is 1.90. The summed E-state index contributed by atoms with van der Waals surface area (Å²) in [6.45, 7) is 1.97. The maximum atomic E-state index is 13.3. The van der Waals surface area contributed by atoms with Crippen molar-refractivity contribution in [2.24, 2.45) is 0 Å². The molecule has 2 aliphatic heterocycles. The van der Waals surface area contributed by atoms with Crippen molar-refractivity contribution in [3.05, 3.63) is 113 Å². The summed E-state index contributed by atoms with van der Waals surface area (Å²) in [4.78, 5) is 13.3. The van der Waals surface area contributed by atoms with E-state index in [-0.39, 0.29) is 5.56 Å². The van der Waals surface area contributed by atoms with Gasteiger partial charge in [0.05, 0.1) is 16.9 Å². The van der Waals surface area contributed by atoms with Crippen molar-refractivity contribution < 1.29 is 0 Å². The SMILES string of the molecule is Cc1cc(-c2ccccc2)n(-c2ccccc2)c2nn(-c3ccccc3)c(=O)c1-2. The molecular weight excluding hydrogens is 358 g/mol. The second-order valence-electron chi connectivity index (χ2n) is 7.00. The Morgan fingerprint density at radius 1 is 0.724 bits per heavy atom. The summed E-state index contributed by atoms with van der Waals surface area (Å²) in [7, 11) is 0. The summed E-state index contributed by atoms with van der Waals surface area (Å²) in [5.41, 5.74) is 5.24. The highest BCUT2D eigenvalue weighted by atomic mass is 16.1. The molecule has 0 N–H and O–H groups in total. The Morgan fingerprint density at radius 2 is 1.28 bits per heavy atom. The molecule has 29 heavy (non-hydrogen) atoms. The molecule has 0 amide bonds.